The number of halogens is 1. The third kappa shape index (κ3) is 7.69. The molecule has 4 heteroatoms. The van der Waals surface area contributed by atoms with E-state index in [2.05, 4.69) is 29.5 Å². The van der Waals surface area contributed by atoms with Gasteiger partial charge in [-0.1, -0.05) is 51.9 Å². The summed E-state index contributed by atoms with van der Waals surface area (Å²) in [4.78, 5) is 11.1. The smallest absolute Gasteiger partial charge is 0.339 e. The average molecular weight is 404 g/mol. The highest BCUT2D eigenvalue weighted by molar-refractivity contribution is 14.1. The maximum atomic E-state index is 11.1. The quantitative estimate of drug-likeness (QED) is 0.391. The van der Waals surface area contributed by atoms with Crippen LogP contribution in [0, 0.1) is 3.57 Å². The van der Waals surface area contributed by atoms with Crippen molar-refractivity contribution < 1.29 is 14.6 Å². The van der Waals surface area contributed by atoms with Crippen LogP contribution in [-0.2, 0) is 0 Å². The van der Waals surface area contributed by atoms with Crippen LogP contribution in [0.15, 0.2) is 18.2 Å². The van der Waals surface area contributed by atoms with Gasteiger partial charge in [-0.25, -0.2) is 4.79 Å². The zero-order valence-corrected chi connectivity index (χ0v) is 14.9. The van der Waals surface area contributed by atoms with Gasteiger partial charge in [-0.15, -0.1) is 0 Å². The van der Waals surface area contributed by atoms with Crippen LogP contribution in [-0.4, -0.2) is 17.7 Å². The van der Waals surface area contributed by atoms with Crippen LogP contribution in [0.1, 0.15) is 68.6 Å². The van der Waals surface area contributed by atoms with E-state index in [0.29, 0.717) is 12.4 Å². The van der Waals surface area contributed by atoms with Crippen LogP contribution in [0.3, 0.4) is 0 Å². The fourth-order valence-electron chi connectivity index (χ4n) is 2.21. The van der Waals surface area contributed by atoms with Crippen molar-refractivity contribution in [1.29, 1.82) is 0 Å². The summed E-state index contributed by atoms with van der Waals surface area (Å²) in [5.41, 5.74) is 0.245. The Hall–Kier alpha value is -0.780. The monoisotopic (exact) mass is 404 g/mol. The molecule has 118 valence electrons. The van der Waals surface area contributed by atoms with Crippen molar-refractivity contribution in [3.63, 3.8) is 0 Å². The minimum absolute atomic E-state index is 0.245. The first kappa shape index (κ1) is 18.3. The Balaban J connectivity index is 2.21. The SMILES string of the molecule is CCCCCCCCCCOc1cc(I)ccc1C(=O)O. The molecule has 1 N–H and O–H groups in total. The Labute approximate surface area is 141 Å². The number of carboxylic acids is 1. The highest BCUT2D eigenvalue weighted by Gasteiger charge is 2.11. The van der Waals surface area contributed by atoms with Crippen molar-refractivity contribution in [2.45, 2.75) is 58.3 Å². The van der Waals surface area contributed by atoms with E-state index in [1.807, 2.05) is 0 Å². The number of benzene rings is 1. The fourth-order valence-corrected chi connectivity index (χ4v) is 2.67. The Morgan fingerprint density at radius 3 is 2.33 bits per heavy atom. The maximum Gasteiger partial charge on any atom is 0.339 e. The van der Waals surface area contributed by atoms with Crippen molar-refractivity contribution in [3.05, 3.63) is 27.3 Å². The molecule has 1 aromatic carbocycles. The molecule has 1 rings (SSSR count). The molecular formula is C17H25IO3. The molecule has 0 heterocycles. The minimum Gasteiger partial charge on any atom is -0.493 e. The second kappa shape index (κ2) is 10.9. The lowest BCUT2D eigenvalue weighted by Gasteiger charge is -2.09. The Morgan fingerprint density at radius 1 is 1.10 bits per heavy atom. The van der Waals surface area contributed by atoms with E-state index < -0.39 is 5.97 Å². The molecule has 0 saturated carbocycles. The third-order valence-corrected chi connectivity index (χ3v) is 4.10. The van der Waals surface area contributed by atoms with Crippen LogP contribution in [0.5, 0.6) is 5.75 Å². The molecule has 0 aliphatic carbocycles. The fraction of sp³-hybridized carbons (Fsp3) is 0.588. The van der Waals surface area contributed by atoms with E-state index in [1.165, 1.54) is 38.5 Å². The molecule has 21 heavy (non-hydrogen) atoms. The number of rotatable bonds is 11. The third-order valence-electron chi connectivity index (χ3n) is 3.43. The molecule has 0 bridgehead atoms. The summed E-state index contributed by atoms with van der Waals surface area (Å²) >= 11 is 2.16. The van der Waals surface area contributed by atoms with Gasteiger partial charge in [0.05, 0.1) is 6.61 Å². The van der Waals surface area contributed by atoms with Gasteiger partial charge in [0.2, 0.25) is 0 Å². The lowest BCUT2D eigenvalue weighted by atomic mass is 10.1. The van der Waals surface area contributed by atoms with Crippen LogP contribution in [0.25, 0.3) is 0 Å². The van der Waals surface area contributed by atoms with Crippen molar-refractivity contribution in [1.82, 2.24) is 0 Å². The molecule has 0 aliphatic heterocycles. The Morgan fingerprint density at radius 2 is 1.71 bits per heavy atom. The standard InChI is InChI=1S/C17H25IO3/c1-2-3-4-5-6-7-8-9-12-21-16-13-14(18)10-11-15(16)17(19)20/h10-11,13H,2-9,12H2,1H3,(H,19,20). The molecule has 3 nitrogen and oxygen atoms in total. The number of hydrogen-bond acceptors (Lipinski definition) is 2. The van der Waals surface area contributed by atoms with Crippen LogP contribution in [0.4, 0.5) is 0 Å². The Bertz CT molecular complexity index is 432. The van der Waals surface area contributed by atoms with Crippen LogP contribution >= 0.6 is 22.6 Å². The molecule has 0 aliphatic rings. The van der Waals surface area contributed by atoms with Gasteiger partial charge in [0.1, 0.15) is 11.3 Å². The predicted octanol–water partition coefficient (Wildman–Crippen LogP) is 5.51. The number of ether oxygens (including phenoxy) is 1. The number of aromatic carboxylic acids is 1. The van der Waals surface area contributed by atoms with Gasteiger partial charge in [-0.05, 0) is 47.2 Å². The summed E-state index contributed by atoms with van der Waals surface area (Å²) < 4.78 is 6.63. The van der Waals surface area contributed by atoms with Crippen LogP contribution < -0.4 is 4.74 Å². The summed E-state index contributed by atoms with van der Waals surface area (Å²) in [6.45, 7) is 2.82. The van der Waals surface area contributed by atoms with Gasteiger partial charge in [0.15, 0.2) is 0 Å². The molecule has 0 aromatic heterocycles. The highest BCUT2D eigenvalue weighted by Crippen LogP contribution is 2.22. The molecular weight excluding hydrogens is 379 g/mol. The van der Waals surface area contributed by atoms with E-state index in [1.54, 1.807) is 18.2 Å². The summed E-state index contributed by atoms with van der Waals surface area (Å²) in [5.74, 6) is -0.449. The molecule has 1 aromatic rings. The van der Waals surface area contributed by atoms with Gasteiger partial charge >= 0.3 is 5.97 Å². The van der Waals surface area contributed by atoms with Crippen molar-refractivity contribution in [2.24, 2.45) is 0 Å². The molecule has 0 atom stereocenters. The van der Waals surface area contributed by atoms with Gasteiger partial charge in [-0.3, -0.25) is 0 Å². The summed E-state index contributed by atoms with van der Waals surface area (Å²) in [7, 11) is 0. The summed E-state index contributed by atoms with van der Waals surface area (Å²) in [6, 6.07) is 5.18. The van der Waals surface area contributed by atoms with E-state index in [0.717, 1.165) is 16.4 Å². The normalized spacial score (nSPS) is 10.6. The van der Waals surface area contributed by atoms with Crippen molar-refractivity contribution >= 4 is 28.6 Å². The molecule has 0 spiro atoms. The van der Waals surface area contributed by atoms with Gasteiger partial charge in [0, 0.05) is 3.57 Å². The number of carboxylic acid groups (broad SMARTS) is 1. The molecule has 0 fully saturated rings. The average Bonchev–Trinajstić information content (AvgIpc) is 2.45. The lowest BCUT2D eigenvalue weighted by molar-refractivity contribution is 0.0692. The zero-order valence-electron chi connectivity index (χ0n) is 12.7. The van der Waals surface area contributed by atoms with E-state index in [9.17, 15) is 4.79 Å². The van der Waals surface area contributed by atoms with Crippen LogP contribution in [0.2, 0.25) is 0 Å². The largest absolute Gasteiger partial charge is 0.493 e. The topological polar surface area (TPSA) is 46.5 Å². The second-order valence-corrected chi connectivity index (χ2v) is 6.51. The van der Waals surface area contributed by atoms with E-state index >= 15 is 0 Å². The maximum absolute atomic E-state index is 11.1. The molecule has 0 saturated heterocycles. The summed E-state index contributed by atoms with van der Waals surface area (Å²) in [5, 5.41) is 9.12. The minimum atomic E-state index is -0.933. The number of unbranched alkanes of at least 4 members (excludes halogenated alkanes) is 7. The molecule has 0 unspecified atom stereocenters. The van der Waals surface area contributed by atoms with E-state index in [4.69, 9.17) is 9.84 Å². The number of carbonyl (C=O) groups is 1. The predicted molar refractivity (Wildman–Crippen MR) is 94.2 cm³/mol. The first-order valence-corrected chi connectivity index (χ1v) is 8.88. The van der Waals surface area contributed by atoms with E-state index in [-0.39, 0.29) is 5.56 Å². The molecule has 0 radical (unpaired) electrons. The van der Waals surface area contributed by atoms with Gasteiger partial charge in [0.25, 0.3) is 0 Å². The van der Waals surface area contributed by atoms with Gasteiger partial charge < -0.3 is 9.84 Å². The molecule has 0 amide bonds. The van der Waals surface area contributed by atoms with Crippen molar-refractivity contribution in [3.8, 4) is 5.75 Å². The van der Waals surface area contributed by atoms with Gasteiger partial charge in [-0.2, -0.15) is 0 Å². The highest BCUT2D eigenvalue weighted by atomic mass is 127. The first-order chi connectivity index (χ1) is 10.1. The Kier molecular flexibility index (Phi) is 9.46. The van der Waals surface area contributed by atoms with Crippen molar-refractivity contribution in [2.75, 3.05) is 6.61 Å². The lowest BCUT2D eigenvalue weighted by Crippen LogP contribution is -2.04. The number of hydrogen-bond donors (Lipinski definition) is 1. The zero-order chi connectivity index (χ0) is 15.5. The second-order valence-electron chi connectivity index (χ2n) is 5.27. The first-order valence-electron chi connectivity index (χ1n) is 7.80. The summed E-state index contributed by atoms with van der Waals surface area (Å²) in [6.07, 6.45) is 9.97.